The summed E-state index contributed by atoms with van der Waals surface area (Å²) < 4.78 is 0. The van der Waals surface area contributed by atoms with Crippen molar-refractivity contribution in [2.24, 2.45) is 11.7 Å². The summed E-state index contributed by atoms with van der Waals surface area (Å²) >= 11 is 0. The quantitative estimate of drug-likeness (QED) is 0.724. The molecular weight excluding hydrogens is 202 g/mol. The predicted octanol–water partition coefficient (Wildman–Crippen LogP) is 0.324. The van der Waals surface area contributed by atoms with E-state index in [0.29, 0.717) is 18.6 Å². The van der Waals surface area contributed by atoms with E-state index in [0.717, 1.165) is 31.8 Å². The molecule has 4 nitrogen and oxygen atoms in total. The van der Waals surface area contributed by atoms with E-state index in [-0.39, 0.29) is 5.91 Å². The Balaban J connectivity index is 1.68. The van der Waals surface area contributed by atoms with Crippen LogP contribution >= 0.6 is 0 Å². The lowest BCUT2D eigenvalue weighted by Crippen LogP contribution is -2.49. The second-order valence-electron chi connectivity index (χ2n) is 5.35. The summed E-state index contributed by atoms with van der Waals surface area (Å²) in [5, 5.41) is 3.01. The first-order valence-electron chi connectivity index (χ1n) is 6.41. The van der Waals surface area contributed by atoms with Crippen LogP contribution in [0.5, 0.6) is 0 Å². The highest BCUT2D eigenvalue weighted by atomic mass is 16.2. The van der Waals surface area contributed by atoms with E-state index >= 15 is 0 Å². The number of nitrogens with two attached hydrogens (primary N) is 1. The monoisotopic (exact) mass is 225 g/mol. The van der Waals surface area contributed by atoms with Crippen LogP contribution in [0.1, 0.15) is 32.6 Å². The van der Waals surface area contributed by atoms with Gasteiger partial charge in [0, 0.05) is 25.2 Å². The molecule has 2 unspecified atom stereocenters. The van der Waals surface area contributed by atoms with Gasteiger partial charge in [0.2, 0.25) is 5.91 Å². The van der Waals surface area contributed by atoms with Crippen molar-refractivity contribution in [2.45, 2.75) is 44.7 Å². The highest BCUT2D eigenvalue weighted by Gasteiger charge is 2.26. The lowest BCUT2D eigenvalue weighted by Gasteiger charge is -2.35. The Bertz CT molecular complexity index is 253. The van der Waals surface area contributed by atoms with Crippen LogP contribution in [-0.4, -0.2) is 42.5 Å². The van der Waals surface area contributed by atoms with Gasteiger partial charge in [-0.2, -0.15) is 0 Å². The van der Waals surface area contributed by atoms with Crippen LogP contribution < -0.4 is 11.1 Å². The van der Waals surface area contributed by atoms with Gasteiger partial charge in [0.15, 0.2) is 0 Å². The van der Waals surface area contributed by atoms with Gasteiger partial charge >= 0.3 is 0 Å². The number of rotatable bonds is 4. The van der Waals surface area contributed by atoms with Crippen molar-refractivity contribution in [3.05, 3.63) is 0 Å². The van der Waals surface area contributed by atoms with Crippen molar-refractivity contribution >= 4 is 5.91 Å². The largest absolute Gasteiger partial charge is 0.355 e. The minimum atomic E-state index is 0.175. The second kappa shape index (κ2) is 5.15. The zero-order valence-electron chi connectivity index (χ0n) is 10.1. The number of carbonyl (C=O) groups excluding carboxylic acids is 1. The SMILES string of the molecule is CC1CC(N)CCN1CC(=O)NCC1CC1. The van der Waals surface area contributed by atoms with Gasteiger partial charge in [-0.15, -0.1) is 0 Å². The van der Waals surface area contributed by atoms with E-state index in [4.69, 9.17) is 5.73 Å². The fourth-order valence-electron chi connectivity index (χ4n) is 2.31. The molecule has 0 aromatic carbocycles. The van der Waals surface area contributed by atoms with Crippen LogP contribution in [0.2, 0.25) is 0 Å². The van der Waals surface area contributed by atoms with Crippen LogP contribution in [0.25, 0.3) is 0 Å². The molecule has 0 aromatic rings. The predicted molar refractivity (Wildman–Crippen MR) is 64.0 cm³/mol. The fourth-order valence-corrected chi connectivity index (χ4v) is 2.31. The summed E-state index contributed by atoms with van der Waals surface area (Å²) in [5.74, 6) is 0.936. The molecule has 0 spiro atoms. The van der Waals surface area contributed by atoms with Crippen molar-refractivity contribution in [3.63, 3.8) is 0 Å². The van der Waals surface area contributed by atoms with E-state index in [1.54, 1.807) is 0 Å². The molecule has 0 bridgehead atoms. The van der Waals surface area contributed by atoms with Crippen molar-refractivity contribution in [2.75, 3.05) is 19.6 Å². The summed E-state index contributed by atoms with van der Waals surface area (Å²) in [7, 11) is 0. The first-order chi connectivity index (χ1) is 7.65. The van der Waals surface area contributed by atoms with Crippen molar-refractivity contribution in [3.8, 4) is 0 Å². The molecule has 1 aliphatic carbocycles. The first kappa shape index (κ1) is 11.9. The maximum absolute atomic E-state index is 11.7. The topological polar surface area (TPSA) is 58.4 Å². The molecular formula is C12H23N3O. The molecule has 1 saturated heterocycles. The Kier molecular flexibility index (Phi) is 3.82. The molecule has 2 aliphatic rings. The van der Waals surface area contributed by atoms with Crippen molar-refractivity contribution in [1.82, 2.24) is 10.2 Å². The van der Waals surface area contributed by atoms with Crippen LogP contribution in [-0.2, 0) is 4.79 Å². The number of nitrogens with one attached hydrogen (secondary N) is 1. The van der Waals surface area contributed by atoms with Gasteiger partial charge in [-0.25, -0.2) is 0 Å². The second-order valence-corrected chi connectivity index (χ2v) is 5.35. The van der Waals surface area contributed by atoms with Gasteiger partial charge < -0.3 is 11.1 Å². The van der Waals surface area contributed by atoms with Crippen molar-refractivity contribution < 1.29 is 4.79 Å². The van der Waals surface area contributed by atoms with Crippen LogP contribution in [0, 0.1) is 5.92 Å². The number of piperidine rings is 1. The molecule has 1 saturated carbocycles. The molecule has 2 rings (SSSR count). The highest BCUT2D eigenvalue weighted by molar-refractivity contribution is 5.78. The molecule has 1 heterocycles. The molecule has 92 valence electrons. The lowest BCUT2D eigenvalue weighted by atomic mass is 9.99. The van der Waals surface area contributed by atoms with Gasteiger partial charge in [0.25, 0.3) is 0 Å². The summed E-state index contributed by atoms with van der Waals surface area (Å²) in [6, 6.07) is 0.760. The first-order valence-corrected chi connectivity index (χ1v) is 6.41. The van der Waals surface area contributed by atoms with Gasteiger partial charge in [-0.05, 0) is 38.5 Å². The summed E-state index contributed by atoms with van der Waals surface area (Å²) in [6.45, 7) is 4.54. The van der Waals surface area contributed by atoms with E-state index in [9.17, 15) is 4.79 Å². The number of hydrogen-bond acceptors (Lipinski definition) is 3. The normalized spacial score (nSPS) is 31.4. The molecule has 1 aliphatic heterocycles. The molecule has 1 amide bonds. The third kappa shape index (κ3) is 3.46. The zero-order chi connectivity index (χ0) is 11.5. The Morgan fingerprint density at radius 1 is 1.44 bits per heavy atom. The average Bonchev–Trinajstić information content (AvgIpc) is 3.03. The molecule has 3 N–H and O–H groups in total. The number of amides is 1. The average molecular weight is 225 g/mol. The van der Waals surface area contributed by atoms with Crippen LogP contribution in [0.15, 0.2) is 0 Å². The summed E-state index contributed by atoms with van der Waals surface area (Å²) in [6.07, 6.45) is 4.60. The number of nitrogens with zero attached hydrogens (tertiary/aromatic N) is 1. The van der Waals surface area contributed by atoms with Gasteiger partial charge in [-0.3, -0.25) is 9.69 Å². The fraction of sp³-hybridized carbons (Fsp3) is 0.917. The van der Waals surface area contributed by atoms with Gasteiger partial charge in [-0.1, -0.05) is 0 Å². The number of likely N-dealkylation sites (tertiary alicyclic amines) is 1. The molecule has 0 aromatic heterocycles. The lowest BCUT2D eigenvalue weighted by molar-refractivity contribution is -0.123. The number of carbonyl (C=O) groups is 1. The third-order valence-corrected chi connectivity index (χ3v) is 3.69. The molecule has 4 heteroatoms. The highest BCUT2D eigenvalue weighted by Crippen LogP contribution is 2.27. The van der Waals surface area contributed by atoms with Crippen LogP contribution in [0.4, 0.5) is 0 Å². The van der Waals surface area contributed by atoms with E-state index in [1.165, 1.54) is 12.8 Å². The summed E-state index contributed by atoms with van der Waals surface area (Å²) in [4.78, 5) is 13.9. The Morgan fingerprint density at radius 2 is 2.19 bits per heavy atom. The zero-order valence-corrected chi connectivity index (χ0v) is 10.1. The third-order valence-electron chi connectivity index (χ3n) is 3.69. The Morgan fingerprint density at radius 3 is 2.81 bits per heavy atom. The molecule has 2 fully saturated rings. The molecule has 0 radical (unpaired) electrons. The van der Waals surface area contributed by atoms with Crippen LogP contribution in [0.3, 0.4) is 0 Å². The van der Waals surface area contributed by atoms with E-state index in [1.807, 2.05) is 0 Å². The maximum atomic E-state index is 11.7. The van der Waals surface area contributed by atoms with Gasteiger partial charge in [0.05, 0.1) is 6.54 Å². The van der Waals surface area contributed by atoms with Crippen molar-refractivity contribution in [1.29, 1.82) is 0 Å². The number of hydrogen-bond donors (Lipinski definition) is 2. The smallest absolute Gasteiger partial charge is 0.234 e. The van der Waals surface area contributed by atoms with Gasteiger partial charge in [0.1, 0.15) is 0 Å². The molecule has 16 heavy (non-hydrogen) atoms. The minimum Gasteiger partial charge on any atom is -0.355 e. The minimum absolute atomic E-state index is 0.175. The Hall–Kier alpha value is -0.610. The maximum Gasteiger partial charge on any atom is 0.234 e. The standard InChI is InChI=1S/C12H23N3O/c1-9-6-11(13)4-5-15(9)8-12(16)14-7-10-2-3-10/h9-11H,2-8,13H2,1H3,(H,14,16). The van der Waals surface area contributed by atoms with E-state index < -0.39 is 0 Å². The Labute approximate surface area is 97.6 Å². The van der Waals surface area contributed by atoms with E-state index in [2.05, 4.69) is 17.1 Å². The summed E-state index contributed by atoms with van der Waals surface area (Å²) in [5.41, 5.74) is 5.90. The molecule has 2 atom stereocenters.